The molecular weight excluding hydrogens is 464 g/mol. The van der Waals surface area contributed by atoms with Gasteiger partial charge in [-0.2, -0.15) is 11.3 Å². The number of esters is 1. The molecule has 1 aromatic carbocycles. The average Bonchev–Trinajstić information content (AvgIpc) is 3.55. The van der Waals surface area contributed by atoms with E-state index in [4.69, 9.17) is 14.2 Å². The Hall–Kier alpha value is -3.37. The first kappa shape index (κ1) is 22.8. The van der Waals surface area contributed by atoms with Crippen LogP contribution in [0.25, 0.3) is 0 Å². The van der Waals surface area contributed by atoms with Gasteiger partial charge in [-0.3, -0.25) is 14.4 Å². The second-order valence-corrected chi connectivity index (χ2v) is 8.88. The smallest absolute Gasteiger partial charge is 0.308 e. The second kappa shape index (κ2) is 11.0. The number of ether oxygens (including phenoxy) is 3. The minimum Gasteiger partial charge on any atom is -0.486 e. The van der Waals surface area contributed by atoms with E-state index in [0.717, 1.165) is 4.88 Å². The summed E-state index contributed by atoms with van der Waals surface area (Å²) in [6.45, 7) is 0.980. The summed E-state index contributed by atoms with van der Waals surface area (Å²) in [7, 11) is 0. The van der Waals surface area contributed by atoms with Gasteiger partial charge in [-0.15, -0.1) is 11.3 Å². The van der Waals surface area contributed by atoms with E-state index in [9.17, 15) is 14.4 Å². The number of anilines is 1. The predicted molar refractivity (Wildman–Crippen MR) is 125 cm³/mol. The molecule has 0 aliphatic carbocycles. The van der Waals surface area contributed by atoms with Gasteiger partial charge in [0, 0.05) is 34.1 Å². The van der Waals surface area contributed by atoms with E-state index < -0.39 is 12.6 Å². The molecule has 2 aromatic heterocycles. The summed E-state index contributed by atoms with van der Waals surface area (Å²) in [5.74, 6) is 0.0225. The van der Waals surface area contributed by atoms with E-state index >= 15 is 0 Å². The van der Waals surface area contributed by atoms with Crippen molar-refractivity contribution in [1.82, 2.24) is 5.32 Å². The predicted octanol–water partition coefficient (Wildman–Crippen LogP) is 3.48. The van der Waals surface area contributed by atoms with Gasteiger partial charge in [0.2, 0.25) is 0 Å². The first-order chi connectivity index (χ1) is 16.1. The highest BCUT2D eigenvalue weighted by Crippen LogP contribution is 2.34. The fraction of sp³-hybridized carbons (Fsp3) is 0.261. The van der Waals surface area contributed by atoms with E-state index in [1.807, 2.05) is 17.5 Å². The van der Waals surface area contributed by atoms with Crippen LogP contribution in [0.4, 0.5) is 5.69 Å². The third-order valence-corrected chi connectivity index (χ3v) is 6.33. The van der Waals surface area contributed by atoms with Gasteiger partial charge < -0.3 is 24.4 Å². The van der Waals surface area contributed by atoms with Crippen molar-refractivity contribution in [2.75, 3.05) is 31.3 Å². The summed E-state index contributed by atoms with van der Waals surface area (Å²) in [4.78, 5) is 39.6. The van der Waals surface area contributed by atoms with Crippen LogP contribution in [0.5, 0.6) is 11.5 Å². The monoisotopic (exact) mass is 486 g/mol. The third kappa shape index (κ3) is 6.11. The topological polar surface area (TPSA) is 94.2 Å². The molecule has 10 heteroatoms. The number of benzene rings is 1. The van der Waals surface area contributed by atoms with Crippen molar-refractivity contribution in [2.45, 2.75) is 13.0 Å². The maximum Gasteiger partial charge on any atom is 0.308 e. The van der Waals surface area contributed by atoms with Crippen molar-refractivity contribution in [1.29, 1.82) is 0 Å². The number of carbonyl (C=O) groups is 3. The van der Waals surface area contributed by atoms with Gasteiger partial charge in [-0.05, 0) is 35.0 Å². The van der Waals surface area contributed by atoms with Gasteiger partial charge in [0.15, 0.2) is 18.1 Å². The van der Waals surface area contributed by atoms with Gasteiger partial charge in [-0.1, -0.05) is 6.07 Å². The zero-order valence-electron chi connectivity index (χ0n) is 17.7. The molecule has 1 aliphatic heterocycles. The molecule has 0 saturated carbocycles. The molecule has 1 N–H and O–H groups in total. The standard InChI is InChI=1S/C23H22N2O6S2/c26-21(14-31-22(27)5-7-24-23(28)16-6-11-32-15-16)25(13-18-2-1-10-33-18)17-3-4-19-20(12-17)30-9-8-29-19/h1-4,6,10-12,15H,5,7-9,13-14H2,(H,24,28). The minimum atomic E-state index is -0.563. The van der Waals surface area contributed by atoms with Gasteiger partial charge in [0.1, 0.15) is 13.2 Å². The van der Waals surface area contributed by atoms with Crippen LogP contribution in [0.2, 0.25) is 0 Å². The van der Waals surface area contributed by atoms with Gasteiger partial charge in [-0.25, -0.2) is 0 Å². The quantitative estimate of drug-likeness (QED) is 0.466. The molecule has 0 saturated heterocycles. The van der Waals surface area contributed by atoms with E-state index in [2.05, 4.69) is 5.32 Å². The number of thiophene rings is 2. The van der Waals surface area contributed by atoms with Gasteiger partial charge in [0.25, 0.3) is 11.8 Å². The number of hydrogen-bond acceptors (Lipinski definition) is 8. The third-order valence-electron chi connectivity index (χ3n) is 4.79. The van der Waals surface area contributed by atoms with Crippen molar-refractivity contribution < 1.29 is 28.6 Å². The highest BCUT2D eigenvalue weighted by Gasteiger charge is 2.21. The summed E-state index contributed by atoms with van der Waals surface area (Å²) in [6, 6.07) is 10.8. The van der Waals surface area contributed by atoms with Crippen LogP contribution in [-0.4, -0.2) is 44.1 Å². The second-order valence-electron chi connectivity index (χ2n) is 7.07. The normalized spacial score (nSPS) is 12.1. The van der Waals surface area contributed by atoms with Crippen LogP contribution in [0.3, 0.4) is 0 Å². The Morgan fingerprint density at radius 2 is 1.91 bits per heavy atom. The molecule has 1 aliphatic rings. The molecule has 0 bridgehead atoms. The molecule has 0 radical (unpaired) electrons. The Bertz CT molecular complexity index is 1100. The lowest BCUT2D eigenvalue weighted by Gasteiger charge is -2.25. The molecule has 0 fully saturated rings. The zero-order valence-corrected chi connectivity index (χ0v) is 19.3. The number of nitrogens with one attached hydrogen (secondary N) is 1. The Morgan fingerprint density at radius 3 is 2.67 bits per heavy atom. The Labute approximate surface area is 198 Å². The summed E-state index contributed by atoms with van der Waals surface area (Å²) < 4.78 is 16.4. The number of hydrogen-bond donors (Lipinski definition) is 1. The van der Waals surface area contributed by atoms with Crippen molar-refractivity contribution in [2.24, 2.45) is 0 Å². The van der Waals surface area contributed by atoms with Gasteiger partial charge >= 0.3 is 5.97 Å². The number of nitrogens with zero attached hydrogens (tertiary/aromatic N) is 1. The lowest BCUT2D eigenvalue weighted by molar-refractivity contribution is -0.147. The van der Waals surface area contributed by atoms with E-state index in [1.54, 1.807) is 39.9 Å². The van der Waals surface area contributed by atoms with Crippen molar-refractivity contribution in [3.63, 3.8) is 0 Å². The minimum absolute atomic E-state index is 0.0297. The van der Waals surface area contributed by atoms with Crippen molar-refractivity contribution in [3.05, 3.63) is 63.0 Å². The van der Waals surface area contributed by atoms with E-state index in [0.29, 0.717) is 42.5 Å². The Balaban J connectivity index is 1.34. The Kier molecular flexibility index (Phi) is 7.59. The van der Waals surface area contributed by atoms with Crippen LogP contribution < -0.4 is 19.7 Å². The molecule has 3 aromatic rings. The lowest BCUT2D eigenvalue weighted by Crippen LogP contribution is -2.34. The number of rotatable bonds is 9. The first-order valence-electron chi connectivity index (χ1n) is 10.3. The maximum absolute atomic E-state index is 13.0. The molecule has 0 atom stereocenters. The van der Waals surface area contributed by atoms with Crippen LogP contribution in [0.15, 0.2) is 52.5 Å². The number of amides is 2. The Morgan fingerprint density at radius 1 is 1.06 bits per heavy atom. The molecule has 3 heterocycles. The highest BCUT2D eigenvalue weighted by atomic mass is 32.1. The van der Waals surface area contributed by atoms with E-state index in [1.165, 1.54) is 22.7 Å². The van der Waals surface area contributed by atoms with Crippen LogP contribution >= 0.6 is 22.7 Å². The van der Waals surface area contributed by atoms with Crippen molar-refractivity contribution >= 4 is 46.1 Å². The maximum atomic E-state index is 13.0. The molecule has 0 unspecified atom stereocenters. The van der Waals surface area contributed by atoms with E-state index in [-0.39, 0.29) is 24.8 Å². The molecule has 0 spiro atoms. The molecule has 2 amide bonds. The highest BCUT2D eigenvalue weighted by molar-refractivity contribution is 7.10. The van der Waals surface area contributed by atoms with Crippen LogP contribution in [-0.2, 0) is 20.9 Å². The molecule has 8 nitrogen and oxygen atoms in total. The molecular formula is C23H22N2O6S2. The summed E-state index contributed by atoms with van der Waals surface area (Å²) in [5, 5.41) is 8.13. The molecule has 4 rings (SSSR count). The number of fused-ring (bicyclic) bond motifs is 1. The van der Waals surface area contributed by atoms with Crippen LogP contribution in [0, 0.1) is 0 Å². The van der Waals surface area contributed by atoms with Crippen molar-refractivity contribution in [3.8, 4) is 11.5 Å². The molecule has 33 heavy (non-hydrogen) atoms. The zero-order chi connectivity index (χ0) is 23.0. The summed E-state index contributed by atoms with van der Waals surface area (Å²) in [6.07, 6.45) is -0.0297. The molecule has 172 valence electrons. The number of carbonyl (C=O) groups excluding carboxylic acids is 3. The fourth-order valence-corrected chi connectivity index (χ4v) is 4.48. The van der Waals surface area contributed by atoms with Crippen LogP contribution in [0.1, 0.15) is 21.7 Å². The SMILES string of the molecule is O=C(CCNC(=O)c1ccsc1)OCC(=O)N(Cc1cccs1)c1ccc2c(c1)OCCO2. The average molecular weight is 487 g/mol. The largest absolute Gasteiger partial charge is 0.486 e. The first-order valence-corrected chi connectivity index (χ1v) is 12.1. The lowest BCUT2D eigenvalue weighted by atomic mass is 10.2. The summed E-state index contributed by atoms with van der Waals surface area (Å²) >= 11 is 2.95. The van der Waals surface area contributed by atoms with Gasteiger partial charge in [0.05, 0.1) is 13.0 Å². The fourth-order valence-electron chi connectivity index (χ4n) is 3.15. The summed E-state index contributed by atoms with van der Waals surface area (Å²) in [5.41, 5.74) is 1.17.